The Hall–Kier alpha value is -2.54. The molecule has 12 heteroatoms. The summed E-state index contributed by atoms with van der Waals surface area (Å²) in [5, 5.41) is 19.6. The summed E-state index contributed by atoms with van der Waals surface area (Å²) < 4.78 is 22.7. The molecule has 0 heterocycles. The Balaban J connectivity index is 2.32. The highest BCUT2D eigenvalue weighted by Gasteiger charge is 2.49. The summed E-state index contributed by atoms with van der Waals surface area (Å²) in [5.41, 5.74) is 0.133. The average molecular weight is 470 g/mol. The minimum atomic E-state index is -3.92. The highest BCUT2D eigenvalue weighted by atomic mass is 33.1. The summed E-state index contributed by atoms with van der Waals surface area (Å²) in [6.45, 7) is 1.53. The van der Waals surface area contributed by atoms with Crippen LogP contribution in [0.1, 0.15) is 13.3 Å². The lowest BCUT2D eigenvalue weighted by atomic mass is 10.2. The quantitative estimate of drug-likeness (QED) is 0.247. The summed E-state index contributed by atoms with van der Waals surface area (Å²) in [6.07, 6.45) is -0.0259. The second-order valence-electron chi connectivity index (χ2n) is 5.89. The molecule has 0 aliphatic rings. The lowest BCUT2D eigenvalue weighted by Gasteiger charge is -2.28. The zero-order valence-electron chi connectivity index (χ0n) is 15.7. The summed E-state index contributed by atoms with van der Waals surface area (Å²) in [6, 6.07) is 13.6. The van der Waals surface area contributed by atoms with E-state index in [1.165, 1.54) is 31.2 Å². The van der Waals surface area contributed by atoms with Crippen molar-refractivity contribution in [2.45, 2.75) is 28.0 Å². The van der Waals surface area contributed by atoms with Crippen molar-refractivity contribution in [2.75, 3.05) is 5.32 Å². The Morgan fingerprint density at radius 3 is 2.17 bits per heavy atom. The molecule has 0 saturated carbocycles. The number of primary sulfonamides is 1. The van der Waals surface area contributed by atoms with Crippen molar-refractivity contribution < 1.29 is 27.9 Å². The molecule has 0 bridgehead atoms. The van der Waals surface area contributed by atoms with E-state index in [2.05, 4.69) is 10.6 Å². The lowest BCUT2D eigenvalue weighted by Crippen LogP contribution is -2.59. The summed E-state index contributed by atoms with van der Waals surface area (Å²) in [4.78, 5) is 35.2. The number of hydrogen-bond acceptors (Lipinski definition) is 7. The van der Waals surface area contributed by atoms with Gasteiger partial charge in [0.25, 0.3) is 10.8 Å². The molecule has 0 spiro atoms. The third-order valence-electron chi connectivity index (χ3n) is 3.70. The van der Waals surface area contributed by atoms with E-state index in [0.29, 0.717) is 15.7 Å². The van der Waals surface area contributed by atoms with Gasteiger partial charge in [-0.1, -0.05) is 35.9 Å². The van der Waals surface area contributed by atoms with Crippen molar-refractivity contribution in [1.82, 2.24) is 5.32 Å². The van der Waals surface area contributed by atoms with Crippen LogP contribution in [0.15, 0.2) is 64.4 Å². The maximum Gasteiger partial charge on any atom is 0.351 e. The van der Waals surface area contributed by atoms with Crippen LogP contribution in [-0.2, 0) is 24.4 Å². The molecule has 1 atom stereocenters. The number of nitrogens with two attached hydrogens (primary N) is 1. The SMILES string of the molecule is CCC(=O)NC(SSc1ccccc1)(C(=O)O)C(=O)Nc1ccc(S(N)(=O)=O)cc1. The number of hydrogen-bond donors (Lipinski definition) is 4. The van der Waals surface area contributed by atoms with E-state index in [1.54, 1.807) is 30.3 Å². The van der Waals surface area contributed by atoms with Crippen molar-refractivity contribution in [3.8, 4) is 0 Å². The van der Waals surface area contributed by atoms with Crippen LogP contribution in [-0.4, -0.2) is 36.2 Å². The maximum absolute atomic E-state index is 12.9. The smallest absolute Gasteiger partial charge is 0.351 e. The Morgan fingerprint density at radius 1 is 1.07 bits per heavy atom. The molecule has 2 aromatic carbocycles. The van der Waals surface area contributed by atoms with Crippen LogP contribution in [0.5, 0.6) is 0 Å². The first-order chi connectivity index (χ1) is 14.1. The monoisotopic (exact) mass is 469 g/mol. The van der Waals surface area contributed by atoms with Gasteiger partial charge >= 0.3 is 5.97 Å². The van der Waals surface area contributed by atoms with E-state index in [9.17, 15) is 27.9 Å². The highest BCUT2D eigenvalue weighted by molar-refractivity contribution is 8.77. The second kappa shape index (κ2) is 9.98. The predicted octanol–water partition coefficient (Wildman–Crippen LogP) is 2.02. The van der Waals surface area contributed by atoms with Crippen LogP contribution >= 0.6 is 21.6 Å². The van der Waals surface area contributed by atoms with Crippen molar-refractivity contribution in [3.63, 3.8) is 0 Å². The number of carboxylic acids is 1. The number of rotatable bonds is 9. The molecule has 2 aromatic rings. The van der Waals surface area contributed by atoms with Crippen LogP contribution in [0.25, 0.3) is 0 Å². The van der Waals surface area contributed by atoms with Crippen LogP contribution < -0.4 is 15.8 Å². The van der Waals surface area contributed by atoms with Gasteiger partial charge in [0.1, 0.15) is 0 Å². The van der Waals surface area contributed by atoms with Gasteiger partial charge in [-0.05, 0) is 47.2 Å². The molecule has 0 aliphatic carbocycles. The normalized spacial score (nSPS) is 13.1. The van der Waals surface area contributed by atoms with Gasteiger partial charge in [0, 0.05) is 17.0 Å². The Kier molecular flexibility index (Phi) is 7.89. The van der Waals surface area contributed by atoms with Crippen LogP contribution in [0.2, 0.25) is 0 Å². The number of carboxylic acid groups (broad SMARTS) is 1. The molecule has 9 nitrogen and oxygen atoms in total. The number of anilines is 1. The molecule has 30 heavy (non-hydrogen) atoms. The first kappa shape index (κ1) is 23.7. The number of nitrogens with one attached hydrogen (secondary N) is 2. The Morgan fingerprint density at radius 2 is 1.67 bits per heavy atom. The fourth-order valence-corrected chi connectivity index (χ4v) is 5.04. The second-order valence-corrected chi connectivity index (χ2v) is 9.87. The Labute approximate surface area is 181 Å². The van der Waals surface area contributed by atoms with E-state index >= 15 is 0 Å². The van der Waals surface area contributed by atoms with Gasteiger partial charge in [0.15, 0.2) is 0 Å². The summed E-state index contributed by atoms with van der Waals surface area (Å²) in [7, 11) is -2.24. The largest absolute Gasteiger partial charge is 0.478 e. The van der Waals surface area contributed by atoms with Gasteiger partial charge < -0.3 is 15.7 Å². The first-order valence-corrected chi connectivity index (χ1v) is 12.2. The molecule has 0 saturated heterocycles. The number of sulfonamides is 1. The minimum absolute atomic E-state index is 0.0259. The van der Waals surface area contributed by atoms with E-state index < -0.39 is 32.7 Å². The van der Waals surface area contributed by atoms with Crippen LogP contribution in [0.4, 0.5) is 5.69 Å². The fourth-order valence-electron chi connectivity index (χ4n) is 2.12. The van der Waals surface area contributed by atoms with Crippen molar-refractivity contribution >= 4 is 55.1 Å². The average Bonchev–Trinajstić information content (AvgIpc) is 2.71. The zero-order valence-corrected chi connectivity index (χ0v) is 18.1. The van der Waals surface area contributed by atoms with Gasteiger partial charge in [-0.25, -0.2) is 18.4 Å². The summed E-state index contributed by atoms with van der Waals surface area (Å²) >= 11 is 0. The van der Waals surface area contributed by atoms with Crippen molar-refractivity contribution in [2.24, 2.45) is 5.14 Å². The van der Waals surface area contributed by atoms with E-state index in [-0.39, 0.29) is 17.0 Å². The number of carbonyl (C=O) groups is 3. The number of amides is 2. The molecule has 2 rings (SSSR count). The number of benzene rings is 2. The third-order valence-corrected chi connectivity index (χ3v) is 7.47. The fraction of sp³-hybridized carbons (Fsp3) is 0.167. The standard InChI is InChI=1S/C18H19N3O6S3/c1-2-15(22)21-18(17(24)25,29-28-13-6-4-3-5-7-13)16(23)20-12-8-10-14(11-9-12)30(19,26)27/h3-11H,2H2,1H3,(H,20,23)(H,21,22)(H,24,25)(H2,19,26,27). The molecule has 0 aliphatic heterocycles. The molecular formula is C18H19N3O6S3. The molecule has 160 valence electrons. The number of carbonyl (C=O) groups excluding carboxylic acids is 2. The van der Waals surface area contributed by atoms with Gasteiger partial charge in [-0.3, -0.25) is 9.59 Å². The van der Waals surface area contributed by atoms with E-state index in [4.69, 9.17) is 5.14 Å². The number of aliphatic carboxylic acids is 1. The topological polar surface area (TPSA) is 156 Å². The molecular weight excluding hydrogens is 450 g/mol. The Bertz CT molecular complexity index is 1030. The van der Waals surface area contributed by atoms with E-state index in [0.717, 1.165) is 10.8 Å². The summed E-state index contributed by atoms with van der Waals surface area (Å²) in [5.74, 6) is -3.19. The predicted molar refractivity (Wildman–Crippen MR) is 115 cm³/mol. The molecule has 0 radical (unpaired) electrons. The minimum Gasteiger partial charge on any atom is -0.478 e. The first-order valence-electron chi connectivity index (χ1n) is 8.48. The maximum atomic E-state index is 12.9. The van der Waals surface area contributed by atoms with E-state index in [1.807, 2.05) is 0 Å². The van der Waals surface area contributed by atoms with Gasteiger partial charge in [-0.2, -0.15) is 0 Å². The highest BCUT2D eigenvalue weighted by Crippen LogP contribution is 2.40. The van der Waals surface area contributed by atoms with Crippen LogP contribution in [0.3, 0.4) is 0 Å². The molecule has 1 unspecified atom stereocenters. The molecule has 5 N–H and O–H groups in total. The van der Waals surface area contributed by atoms with Crippen LogP contribution in [0, 0.1) is 0 Å². The lowest BCUT2D eigenvalue weighted by molar-refractivity contribution is -0.146. The van der Waals surface area contributed by atoms with Crippen molar-refractivity contribution in [1.29, 1.82) is 0 Å². The van der Waals surface area contributed by atoms with Crippen molar-refractivity contribution in [3.05, 3.63) is 54.6 Å². The van der Waals surface area contributed by atoms with Gasteiger partial charge in [-0.15, -0.1) is 0 Å². The van der Waals surface area contributed by atoms with Gasteiger partial charge in [0.2, 0.25) is 15.9 Å². The third kappa shape index (κ3) is 5.98. The zero-order chi connectivity index (χ0) is 22.4. The molecule has 0 fully saturated rings. The van der Waals surface area contributed by atoms with Gasteiger partial charge in [0.05, 0.1) is 4.90 Å². The molecule has 0 aromatic heterocycles. The molecule has 2 amide bonds.